The third-order valence-corrected chi connectivity index (χ3v) is 4.17. The third kappa shape index (κ3) is 4.11. The molecule has 4 nitrogen and oxygen atoms in total. The van der Waals surface area contributed by atoms with Crippen LogP contribution in [0.25, 0.3) is 11.1 Å². The zero-order valence-corrected chi connectivity index (χ0v) is 13.0. The second kappa shape index (κ2) is 6.98. The van der Waals surface area contributed by atoms with E-state index in [1.54, 1.807) is 24.3 Å². The average molecular weight is 326 g/mol. The highest BCUT2D eigenvalue weighted by atomic mass is 32.2. The van der Waals surface area contributed by atoms with Crippen LogP contribution >= 0.6 is 11.8 Å². The van der Waals surface area contributed by atoms with E-state index in [9.17, 15) is 9.59 Å². The molecular weight excluding hydrogens is 312 g/mol. The van der Waals surface area contributed by atoms with Crippen molar-refractivity contribution >= 4 is 34.8 Å². The summed E-state index contributed by atoms with van der Waals surface area (Å²) in [4.78, 5) is 23.6. The number of carboxylic acids is 2. The van der Waals surface area contributed by atoms with Gasteiger partial charge in [-0.15, -0.1) is 0 Å². The van der Waals surface area contributed by atoms with Gasteiger partial charge in [0.1, 0.15) is 0 Å². The minimum atomic E-state index is -1.04. The van der Waals surface area contributed by atoms with Gasteiger partial charge in [0, 0.05) is 9.79 Å². The summed E-state index contributed by atoms with van der Waals surface area (Å²) in [5, 5.41) is 17.8. The van der Waals surface area contributed by atoms with Gasteiger partial charge < -0.3 is 10.2 Å². The SMILES string of the molecule is C=C(C(=O)O)c1ccc(Sc2ccc(C(=C)C(=O)O)cc2)cc1. The Morgan fingerprint density at radius 3 is 1.26 bits per heavy atom. The molecule has 0 saturated heterocycles. The summed E-state index contributed by atoms with van der Waals surface area (Å²) in [6.07, 6.45) is 0. The van der Waals surface area contributed by atoms with Gasteiger partial charge in [-0.25, -0.2) is 9.59 Å². The summed E-state index contributed by atoms with van der Waals surface area (Å²) in [7, 11) is 0. The fourth-order valence-corrected chi connectivity index (χ4v) is 2.65. The molecule has 0 bridgehead atoms. The number of aliphatic carboxylic acids is 2. The zero-order valence-electron chi connectivity index (χ0n) is 12.2. The quantitative estimate of drug-likeness (QED) is 0.784. The van der Waals surface area contributed by atoms with Gasteiger partial charge in [-0.1, -0.05) is 49.2 Å². The molecule has 5 heteroatoms. The molecule has 2 N–H and O–H groups in total. The summed E-state index contributed by atoms with van der Waals surface area (Å²) >= 11 is 1.49. The summed E-state index contributed by atoms with van der Waals surface area (Å²) in [6, 6.07) is 14.1. The molecule has 0 radical (unpaired) electrons. The lowest BCUT2D eigenvalue weighted by molar-refractivity contribution is -0.131. The average Bonchev–Trinajstić information content (AvgIpc) is 2.54. The van der Waals surface area contributed by atoms with Crippen molar-refractivity contribution in [3.63, 3.8) is 0 Å². The van der Waals surface area contributed by atoms with Crippen LogP contribution in [0.4, 0.5) is 0 Å². The van der Waals surface area contributed by atoms with E-state index in [1.165, 1.54) is 11.8 Å². The van der Waals surface area contributed by atoms with Crippen LogP contribution < -0.4 is 0 Å². The molecule has 0 aliphatic carbocycles. The Kier molecular flexibility index (Phi) is 5.03. The molecule has 23 heavy (non-hydrogen) atoms. The van der Waals surface area contributed by atoms with E-state index in [2.05, 4.69) is 13.2 Å². The first-order valence-electron chi connectivity index (χ1n) is 6.61. The second-order valence-electron chi connectivity index (χ2n) is 4.72. The van der Waals surface area contributed by atoms with Crippen LogP contribution in [0.15, 0.2) is 71.5 Å². The summed E-state index contributed by atoms with van der Waals surface area (Å²) in [5.74, 6) is -2.08. The number of hydrogen-bond donors (Lipinski definition) is 2. The molecule has 0 saturated carbocycles. The van der Waals surface area contributed by atoms with E-state index in [0.29, 0.717) is 11.1 Å². The maximum atomic E-state index is 10.9. The highest BCUT2D eigenvalue weighted by molar-refractivity contribution is 7.99. The second-order valence-corrected chi connectivity index (χ2v) is 5.87. The third-order valence-electron chi connectivity index (χ3n) is 3.16. The van der Waals surface area contributed by atoms with Gasteiger partial charge in [-0.2, -0.15) is 0 Å². The van der Waals surface area contributed by atoms with E-state index in [4.69, 9.17) is 10.2 Å². The molecule has 0 unspecified atom stereocenters. The van der Waals surface area contributed by atoms with Crippen LogP contribution in [-0.2, 0) is 9.59 Å². The first kappa shape index (κ1) is 16.6. The first-order chi connectivity index (χ1) is 10.9. The Bertz CT molecular complexity index is 706. The van der Waals surface area contributed by atoms with Crippen molar-refractivity contribution in [1.82, 2.24) is 0 Å². The number of benzene rings is 2. The number of rotatable bonds is 6. The monoisotopic (exact) mass is 326 g/mol. The molecule has 0 atom stereocenters. The van der Waals surface area contributed by atoms with Crippen molar-refractivity contribution in [1.29, 1.82) is 0 Å². The van der Waals surface area contributed by atoms with Crippen LogP contribution in [0.1, 0.15) is 11.1 Å². The highest BCUT2D eigenvalue weighted by Crippen LogP contribution is 2.29. The maximum Gasteiger partial charge on any atom is 0.335 e. The van der Waals surface area contributed by atoms with E-state index in [0.717, 1.165) is 9.79 Å². The maximum absolute atomic E-state index is 10.9. The molecule has 0 aliphatic rings. The van der Waals surface area contributed by atoms with Gasteiger partial charge in [0.15, 0.2) is 0 Å². The topological polar surface area (TPSA) is 74.6 Å². The van der Waals surface area contributed by atoms with Crippen LogP contribution in [0.5, 0.6) is 0 Å². The van der Waals surface area contributed by atoms with E-state index in [1.807, 2.05) is 24.3 Å². The summed E-state index contributed by atoms with van der Waals surface area (Å²) < 4.78 is 0. The molecule has 0 aliphatic heterocycles. The first-order valence-corrected chi connectivity index (χ1v) is 7.43. The van der Waals surface area contributed by atoms with E-state index in [-0.39, 0.29) is 11.1 Å². The molecule has 0 fully saturated rings. The zero-order chi connectivity index (χ0) is 17.0. The van der Waals surface area contributed by atoms with Crippen LogP contribution in [0.3, 0.4) is 0 Å². The Hall–Kier alpha value is -2.79. The Morgan fingerprint density at radius 1 is 0.696 bits per heavy atom. The van der Waals surface area contributed by atoms with Crippen molar-refractivity contribution < 1.29 is 19.8 Å². The fraction of sp³-hybridized carbons (Fsp3) is 0. The van der Waals surface area contributed by atoms with Gasteiger partial charge in [-0.3, -0.25) is 0 Å². The molecule has 0 aromatic heterocycles. The molecule has 0 amide bonds. The van der Waals surface area contributed by atoms with Gasteiger partial charge in [0.2, 0.25) is 0 Å². The lowest BCUT2D eigenvalue weighted by Gasteiger charge is -2.06. The lowest BCUT2D eigenvalue weighted by Crippen LogP contribution is -1.97. The predicted molar refractivity (Wildman–Crippen MR) is 90.3 cm³/mol. The molecule has 0 spiro atoms. The van der Waals surface area contributed by atoms with E-state index >= 15 is 0 Å². The smallest absolute Gasteiger partial charge is 0.335 e. The van der Waals surface area contributed by atoms with Crippen molar-refractivity contribution in [2.75, 3.05) is 0 Å². The minimum Gasteiger partial charge on any atom is -0.478 e. The van der Waals surface area contributed by atoms with Crippen LogP contribution in [0, 0.1) is 0 Å². The normalized spacial score (nSPS) is 10.1. The standard InChI is InChI=1S/C18H14O4S/c1-11(17(19)20)13-3-7-15(8-4-13)23-16-9-5-14(6-10-16)12(2)18(21)22/h3-10H,1-2H2,(H,19,20)(H,21,22). The van der Waals surface area contributed by atoms with Gasteiger partial charge >= 0.3 is 11.9 Å². The molecule has 2 aromatic carbocycles. The van der Waals surface area contributed by atoms with Crippen LogP contribution in [-0.4, -0.2) is 22.2 Å². The van der Waals surface area contributed by atoms with Crippen molar-refractivity contribution in [3.05, 3.63) is 72.8 Å². The fourth-order valence-electron chi connectivity index (χ4n) is 1.83. The molecule has 2 aromatic rings. The van der Waals surface area contributed by atoms with E-state index < -0.39 is 11.9 Å². The molecule has 116 valence electrons. The number of hydrogen-bond acceptors (Lipinski definition) is 3. The highest BCUT2D eigenvalue weighted by Gasteiger charge is 2.08. The largest absolute Gasteiger partial charge is 0.478 e. The lowest BCUT2D eigenvalue weighted by atomic mass is 10.1. The summed E-state index contributed by atoms with van der Waals surface area (Å²) in [5.41, 5.74) is 1.24. The van der Waals surface area contributed by atoms with Gasteiger partial charge in [-0.05, 0) is 35.4 Å². The van der Waals surface area contributed by atoms with Crippen molar-refractivity contribution in [2.24, 2.45) is 0 Å². The Labute approximate surface area is 137 Å². The number of carbonyl (C=O) groups is 2. The Balaban J connectivity index is 2.10. The molecule has 2 rings (SSSR count). The minimum absolute atomic E-state index is 0.0538. The van der Waals surface area contributed by atoms with Gasteiger partial charge in [0.05, 0.1) is 11.1 Å². The van der Waals surface area contributed by atoms with Crippen molar-refractivity contribution in [2.45, 2.75) is 9.79 Å². The predicted octanol–water partition coefficient (Wildman–Crippen LogP) is 4.03. The summed E-state index contributed by atoms with van der Waals surface area (Å²) in [6.45, 7) is 7.03. The molecule has 0 heterocycles. The van der Waals surface area contributed by atoms with Crippen molar-refractivity contribution in [3.8, 4) is 0 Å². The van der Waals surface area contributed by atoms with Gasteiger partial charge in [0.25, 0.3) is 0 Å². The number of carboxylic acid groups (broad SMARTS) is 2. The Morgan fingerprint density at radius 2 is 1.00 bits per heavy atom. The van der Waals surface area contributed by atoms with Crippen LogP contribution in [0.2, 0.25) is 0 Å². The molecular formula is C18H14O4S.